The Balaban J connectivity index is 2.14. The first-order valence-electron chi connectivity index (χ1n) is 8.82. The Kier molecular flexibility index (Phi) is 7.02. The van der Waals surface area contributed by atoms with Crippen LogP contribution in [0.1, 0.15) is 33.9 Å². The highest BCUT2D eigenvalue weighted by Gasteiger charge is 2.31. The van der Waals surface area contributed by atoms with Crippen LogP contribution in [0, 0.1) is 13.8 Å². The molecule has 156 valence electrons. The Labute approximate surface area is 166 Å². The molecule has 1 amide bonds. The summed E-state index contributed by atoms with van der Waals surface area (Å²) in [5, 5.41) is 12.6. The number of hydrogen-bond donors (Lipinski definition) is 2. The molecule has 2 atom stereocenters. The fourth-order valence-corrected chi connectivity index (χ4v) is 2.76. The van der Waals surface area contributed by atoms with E-state index in [0.29, 0.717) is 0 Å². The lowest BCUT2D eigenvalue weighted by Crippen LogP contribution is -2.45. The van der Waals surface area contributed by atoms with Crippen molar-refractivity contribution in [1.82, 2.24) is 5.32 Å². The highest BCUT2D eigenvalue weighted by Crippen LogP contribution is 2.30. The van der Waals surface area contributed by atoms with Gasteiger partial charge in [-0.3, -0.25) is 4.79 Å². The summed E-state index contributed by atoms with van der Waals surface area (Å²) in [4.78, 5) is 24.5. The lowest BCUT2D eigenvalue weighted by molar-refractivity contribution is -0.146. The van der Waals surface area contributed by atoms with Crippen LogP contribution in [0.3, 0.4) is 0 Å². The van der Waals surface area contributed by atoms with Gasteiger partial charge in [0.1, 0.15) is 6.04 Å². The van der Waals surface area contributed by atoms with Crippen molar-refractivity contribution in [3.05, 3.63) is 70.3 Å². The SMILES string of the molecule is COC(=O)[C@H](Cc1ccc(C)c(C)c1)NC(=O)[C@H](O)c1ccc(C(F)(F)F)cc1. The lowest BCUT2D eigenvalue weighted by atomic mass is 10.00. The second kappa shape index (κ2) is 9.09. The number of nitrogens with one attached hydrogen (secondary N) is 1. The van der Waals surface area contributed by atoms with E-state index < -0.39 is 35.8 Å². The molecule has 0 saturated heterocycles. The molecule has 2 N–H and O–H groups in total. The van der Waals surface area contributed by atoms with Gasteiger partial charge in [-0.1, -0.05) is 30.3 Å². The van der Waals surface area contributed by atoms with E-state index in [4.69, 9.17) is 4.74 Å². The van der Waals surface area contributed by atoms with Crippen LogP contribution >= 0.6 is 0 Å². The summed E-state index contributed by atoms with van der Waals surface area (Å²) in [5.74, 6) is -1.61. The number of hydrogen-bond acceptors (Lipinski definition) is 4. The van der Waals surface area contributed by atoms with Gasteiger partial charge in [-0.15, -0.1) is 0 Å². The number of aliphatic hydroxyl groups excluding tert-OH is 1. The molecule has 0 aliphatic rings. The number of halogens is 3. The minimum Gasteiger partial charge on any atom is -0.467 e. The summed E-state index contributed by atoms with van der Waals surface area (Å²) in [6.07, 6.45) is -6.11. The number of aliphatic hydroxyl groups is 1. The molecular weight excluding hydrogens is 387 g/mol. The van der Waals surface area contributed by atoms with E-state index in [1.165, 1.54) is 7.11 Å². The summed E-state index contributed by atoms with van der Waals surface area (Å²) in [6, 6.07) is 8.11. The molecule has 0 saturated carbocycles. The molecule has 8 heteroatoms. The summed E-state index contributed by atoms with van der Waals surface area (Å²) in [7, 11) is 1.17. The second-order valence-electron chi connectivity index (χ2n) is 6.73. The zero-order valence-electron chi connectivity index (χ0n) is 16.2. The highest BCUT2D eigenvalue weighted by atomic mass is 19.4. The number of benzene rings is 2. The van der Waals surface area contributed by atoms with Crippen molar-refractivity contribution < 1.29 is 32.6 Å². The fraction of sp³-hybridized carbons (Fsp3) is 0.333. The standard InChI is InChI=1S/C21H22F3NO4/c1-12-4-5-14(10-13(12)2)11-17(20(28)29-3)25-19(27)18(26)15-6-8-16(9-7-15)21(22,23)24/h4-10,17-18,26H,11H2,1-3H3,(H,25,27)/t17-,18+/m0/s1. The predicted molar refractivity (Wildman–Crippen MR) is 100.0 cm³/mol. The molecule has 0 fully saturated rings. The van der Waals surface area contributed by atoms with Gasteiger partial charge in [0.25, 0.3) is 5.91 Å². The molecule has 2 aromatic rings. The molecule has 0 aliphatic carbocycles. The smallest absolute Gasteiger partial charge is 0.416 e. The molecule has 0 aliphatic heterocycles. The van der Waals surface area contributed by atoms with Crippen molar-refractivity contribution in [3.63, 3.8) is 0 Å². The molecular formula is C21H22F3NO4. The minimum atomic E-state index is -4.52. The maximum atomic E-state index is 12.6. The van der Waals surface area contributed by atoms with Crippen molar-refractivity contribution >= 4 is 11.9 Å². The van der Waals surface area contributed by atoms with Crippen LogP contribution in [0.2, 0.25) is 0 Å². The van der Waals surface area contributed by atoms with Gasteiger partial charge in [-0.25, -0.2) is 4.79 Å². The Bertz CT molecular complexity index is 878. The van der Waals surface area contributed by atoms with Crippen molar-refractivity contribution in [2.24, 2.45) is 0 Å². The van der Waals surface area contributed by atoms with Crippen LogP contribution in [-0.2, 0) is 26.9 Å². The fourth-order valence-electron chi connectivity index (χ4n) is 2.76. The normalized spacial score (nSPS) is 13.5. The molecule has 0 bridgehead atoms. The number of carbonyl (C=O) groups is 2. The Morgan fingerprint density at radius 1 is 1.07 bits per heavy atom. The second-order valence-corrected chi connectivity index (χ2v) is 6.73. The van der Waals surface area contributed by atoms with Crippen LogP contribution in [0.4, 0.5) is 13.2 Å². The van der Waals surface area contributed by atoms with Crippen LogP contribution in [0.25, 0.3) is 0 Å². The Hall–Kier alpha value is -2.87. The van der Waals surface area contributed by atoms with Crippen molar-refractivity contribution in [3.8, 4) is 0 Å². The summed E-state index contributed by atoms with van der Waals surface area (Å²) in [5.41, 5.74) is 1.96. The predicted octanol–water partition coefficient (Wildman–Crippen LogP) is 3.26. The van der Waals surface area contributed by atoms with E-state index in [1.807, 2.05) is 32.0 Å². The third-order valence-electron chi connectivity index (χ3n) is 4.62. The third-order valence-corrected chi connectivity index (χ3v) is 4.62. The molecule has 0 spiro atoms. The van der Waals surface area contributed by atoms with Crippen LogP contribution in [-0.4, -0.2) is 30.1 Å². The van der Waals surface area contributed by atoms with Crippen LogP contribution < -0.4 is 5.32 Å². The van der Waals surface area contributed by atoms with E-state index in [-0.39, 0.29) is 12.0 Å². The molecule has 0 aromatic heterocycles. The molecule has 29 heavy (non-hydrogen) atoms. The highest BCUT2D eigenvalue weighted by molar-refractivity contribution is 5.87. The first kappa shape index (κ1) is 22.4. The van der Waals surface area contributed by atoms with Crippen LogP contribution in [0.5, 0.6) is 0 Å². The molecule has 2 rings (SSSR count). The van der Waals surface area contributed by atoms with Crippen molar-refractivity contribution in [2.75, 3.05) is 7.11 Å². The van der Waals surface area contributed by atoms with E-state index in [2.05, 4.69) is 5.32 Å². The van der Waals surface area contributed by atoms with Crippen molar-refractivity contribution in [2.45, 2.75) is 38.6 Å². The number of esters is 1. The zero-order chi connectivity index (χ0) is 21.8. The van der Waals surface area contributed by atoms with Crippen LogP contribution in [0.15, 0.2) is 42.5 Å². The number of methoxy groups -OCH3 is 1. The number of amides is 1. The largest absolute Gasteiger partial charge is 0.467 e. The van der Waals surface area contributed by atoms with Gasteiger partial charge in [0.2, 0.25) is 0 Å². The number of carbonyl (C=O) groups excluding carboxylic acids is 2. The molecule has 0 heterocycles. The third kappa shape index (κ3) is 5.80. The number of aryl methyl sites for hydroxylation is 2. The number of ether oxygens (including phenoxy) is 1. The maximum absolute atomic E-state index is 12.6. The summed E-state index contributed by atoms with van der Waals surface area (Å²) >= 11 is 0. The monoisotopic (exact) mass is 409 g/mol. The maximum Gasteiger partial charge on any atom is 0.416 e. The van der Waals surface area contributed by atoms with Gasteiger partial charge in [0.05, 0.1) is 12.7 Å². The lowest BCUT2D eigenvalue weighted by Gasteiger charge is -2.19. The number of rotatable bonds is 6. The summed E-state index contributed by atoms with van der Waals surface area (Å²) < 4.78 is 42.7. The van der Waals surface area contributed by atoms with E-state index in [9.17, 15) is 27.9 Å². The van der Waals surface area contributed by atoms with Crippen molar-refractivity contribution in [1.29, 1.82) is 0 Å². The van der Waals surface area contributed by atoms with Gasteiger partial charge in [-0.2, -0.15) is 13.2 Å². The molecule has 2 aromatic carbocycles. The van der Waals surface area contributed by atoms with Gasteiger partial charge >= 0.3 is 12.1 Å². The topological polar surface area (TPSA) is 75.6 Å². The first-order valence-corrected chi connectivity index (χ1v) is 8.82. The van der Waals surface area contributed by atoms with E-state index in [1.54, 1.807) is 0 Å². The average molecular weight is 409 g/mol. The molecule has 0 unspecified atom stereocenters. The molecule has 0 radical (unpaired) electrons. The average Bonchev–Trinajstić information content (AvgIpc) is 2.68. The molecule has 5 nitrogen and oxygen atoms in total. The summed E-state index contributed by atoms with van der Waals surface area (Å²) in [6.45, 7) is 3.86. The Morgan fingerprint density at radius 3 is 2.21 bits per heavy atom. The van der Waals surface area contributed by atoms with E-state index >= 15 is 0 Å². The van der Waals surface area contributed by atoms with E-state index in [0.717, 1.165) is 41.0 Å². The minimum absolute atomic E-state index is 0.0229. The number of alkyl halides is 3. The van der Waals surface area contributed by atoms with Gasteiger partial charge in [0, 0.05) is 6.42 Å². The first-order chi connectivity index (χ1) is 13.5. The zero-order valence-corrected chi connectivity index (χ0v) is 16.2. The van der Waals surface area contributed by atoms with Gasteiger partial charge in [0.15, 0.2) is 6.10 Å². The Morgan fingerprint density at radius 2 is 1.69 bits per heavy atom. The van der Waals surface area contributed by atoms with Gasteiger partial charge < -0.3 is 15.2 Å². The van der Waals surface area contributed by atoms with Gasteiger partial charge in [-0.05, 0) is 48.2 Å². The quantitative estimate of drug-likeness (QED) is 0.719.